The number of nitrogens with one attached hydrogen (secondary N) is 1. The lowest BCUT2D eigenvalue weighted by atomic mass is 9.97. The van der Waals surface area contributed by atoms with Gasteiger partial charge in [-0.05, 0) is 83.1 Å². The molecule has 1 N–H and O–H groups in total. The Morgan fingerprint density at radius 1 is 1.00 bits per heavy atom. The predicted molar refractivity (Wildman–Crippen MR) is 177 cm³/mol. The lowest BCUT2D eigenvalue weighted by Crippen LogP contribution is -2.24. The molecule has 0 aliphatic heterocycles. The second-order valence-corrected chi connectivity index (χ2v) is 13.2. The van der Waals surface area contributed by atoms with Crippen LogP contribution in [-0.4, -0.2) is 27.4 Å². The summed E-state index contributed by atoms with van der Waals surface area (Å²) in [6.45, 7) is 0. The van der Waals surface area contributed by atoms with E-state index in [1.165, 1.54) is 16.6 Å². The fourth-order valence-electron chi connectivity index (χ4n) is 5.62. The number of fused-ring (bicyclic) bond motifs is 5. The number of carbonyl (C=O) groups is 1. The van der Waals surface area contributed by atoms with E-state index in [-0.39, 0.29) is 17.2 Å². The van der Waals surface area contributed by atoms with Crippen LogP contribution in [-0.2, 0) is 17.6 Å². The number of aromatic nitrogens is 2. The van der Waals surface area contributed by atoms with E-state index in [0.29, 0.717) is 5.16 Å². The number of hydrazone groups is 1. The molecule has 208 valence electrons. The summed E-state index contributed by atoms with van der Waals surface area (Å²) in [5.41, 5.74) is 5.42. The van der Waals surface area contributed by atoms with E-state index in [1.54, 1.807) is 22.1 Å². The Morgan fingerprint density at radius 2 is 1.69 bits per heavy atom. The summed E-state index contributed by atoms with van der Waals surface area (Å²) in [5, 5.41) is 9.90. The van der Waals surface area contributed by atoms with Crippen molar-refractivity contribution in [2.75, 3.05) is 5.75 Å². The molecular formula is C33H25BrN4O2S2. The first kappa shape index (κ1) is 27.1. The molecule has 0 saturated carbocycles. The van der Waals surface area contributed by atoms with Crippen LogP contribution in [0.4, 0.5) is 0 Å². The van der Waals surface area contributed by atoms with E-state index < -0.39 is 0 Å². The zero-order valence-electron chi connectivity index (χ0n) is 22.5. The van der Waals surface area contributed by atoms with Gasteiger partial charge in [-0.25, -0.2) is 10.4 Å². The summed E-state index contributed by atoms with van der Waals surface area (Å²) < 4.78 is 2.56. The molecule has 9 heteroatoms. The summed E-state index contributed by atoms with van der Waals surface area (Å²) >= 11 is 6.34. The number of hydrogen-bond donors (Lipinski definition) is 1. The lowest BCUT2D eigenvalue weighted by molar-refractivity contribution is -0.118. The Balaban J connectivity index is 1.18. The van der Waals surface area contributed by atoms with E-state index in [2.05, 4.69) is 56.8 Å². The van der Waals surface area contributed by atoms with Gasteiger partial charge in [-0.2, -0.15) is 5.10 Å². The number of nitrogens with zero attached hydrogens (tertiary/aromatic N) is 3. The Bertz CT molecular complexity index is 2030. The summed E-state index contributed by atoms with van der Waals surface area (Å²) in [4.78, 5) is 33.8. The first-order valence-electron chi connectivity index (χ1n) is 13.8. The molecule has 1 amide bonds. The van der Waals surface area contributed by atoms with E-state index in [4.69, 9.17) is 4.98 Å². The molecular weight excluding hydrogens is 628 g/mol. The standard InChI is InChI=1S/C33H25BrN4O2S2/c34-22-13-15-23(16-14-22)38-32(40)30-26-11-5-6-12-28(26)42-31(30)36-33(38)41-19-29(39)37-35-18-27-24-9-3-1-7-20(24)17-21-8-2-4-10-25(21)27/h1-4,7-10,13-18H,5-6,11-12,19H2,(H,37,39). The molecule has 0 radical (unpaired) electrons. The third-order valence-corrected chi connectivity index (χ3v) is 10.2. The van der Waals surface area contributed by atoms with Crippen LogP contribution in [0.25, 0.3) is 37.4 Å². The van der Waals surface area contributed by atoms with Gasteiger partial charge < -0.3 is 0 Å². The van der Waals surface area contributed by atoms with Crippen LogP contribution in [0.2, 0.25) is 0 Å². The molecule has 0 saturated heterocycles. The maximum atomic E-state index is 13.9. The first-order valence-corrected chi connectivity index (χ1v) is 16.3. The predicted octanol–water partition coefficient (Wildman–Crippen LogP) is 7.64. The van der Waals surface area contributed by atoms with Crippen molar-refractivity contribution >= 4 is 82.9 Å². The van der Waals surface area contributed by atoms with E-state index in [9.17, 15) is 9.59 Å². The average molecular weight is 654 g/mol. The molecule has 4 aromatic carbocycles. The van der Waals surface area contributed by atoms with Gasteiger partial charge in [0.15, 0.2) is 5.16 Å². The third-order valence-electron chi connectivity index (χ3n) is 7.57. The van der Waals surface area contributed by atoms with Gasteiger partial charge in [-0.1, -0.05) is 76.2 Å². The smallest absolute Gasteiger partial charge is 0.267 e. The second kappa shape index (κ2) is 11.5. The highest BCUT2D eigenvalue weighted by Gasteiger charge is 2.23. The number of benzene rings is 4. The number of hydrogen-bond acceptors (Lipinski definition) is 6. The van der Waals surface area contributed by atoms with Crippen LogP contribution in [0, 0.1) is 0 Å². The molecule has 6 aromatic rings. The average Bonchev–Trinajstić information content (AvgIpc) is 3.39. The molecule has 1 aliphatic rings. The number of carbonyl (C=O) groups excluding carboxylic acids is 1. The van der Waals surface area contributed by atoms with Crippen LogP contribution >= 0.6 is 39.0 Å². The SMILES string of the molecule is O=C(CSc1nc2sc3c(c2c(=O)n1-c1ccc(Br)cc1)CCCC3)NN=Cc1c2ccccc2cc2ccccc12. The Labute approximate surface area is 258 Å². The van der Waals surface area contributed by atoms with Gasteiger partial charge in [0, 0.05) is 14.9 Å². The zero-order valence-corrected chi connectivity index (χ0v) is 25.7. The van der Waals surface area contributed by atoms with Crippen molar-refractivity contribution in [1.29, 1.82) is 0 Å². The summed E-state index contributed by atoms with van der Waals surface area (Å²) in [6, 6.07) is 26.1. The number of thiophene rings is 1. The van der Waals surface area contributed by atoms with Gasteiger partial charge >= 0.3 is 0 Å². The normalized spacial score (nSPS) is 13.3. The van der Waals surface area contributed by atoms with Gasteiger partial charge in [-0.3, -0.25) is 14.2 Å². The minimum Gasteiger partial charge on any atom is -0.272 e. The molecule has 0 atom stereocenters. The summed E-state index contributed by atoms with van der Waals surface area (Å²) in [6.07, 6.45) is 5.83. The van der Waals surface area contributed by atoms with Crippen molar-refractivity contribution in [1.82, 2.24) is 15.0 Å². The fraction of sp³-hybridized carbons (Fsp3) is 0.152. The number of aryl methyl sites for hydroxylation is 2. The van der Waals surface area contributed by atoms with Gasteiger partial charge in [0.05, 0.1) is 23.0 Å². The minimum atomic E-state index is -0.275. The fourth-order valence-corrected chi connectivity index (χ4v) is 7.99. The summed E-state index contributed by atoms with van der Waals surface area (Å²) in [7, 11) is 0. The van der Waals surface area contributed by atoms with Crippen molar-refractivity contribution in [3.63, 3.8) is 0 Å². The second-order valence-electron chi connectivity index (χ2n) is 10.2. The Kier molecular flexibility index (Phi) is 7.39. The highest BCUT2D eigenvalue weighted by Crippen LogP contribution is 2.35. The highest BCUT2D eigenvalue weighted by atomic mass is 79.9. The minimum absolute atomic E-state index is 0.0627. The topological polar surface area (TPSA) is 76.3 Å². The van der Waals surface area contributed by atoms with Crippen LogP contribution in [0.5, 0.6) is 0 Å². The Hall–Kier alpha value is -3.79. The Morgan fingerprint density at radius 3 is 2.43 bits per heavy atom. The lowest BCUT2D eigenvalue weighted by Gasteiger charge is -2.13. The quantitative estimate of drug-likeness (QED) is 0.0660. The molecule has 2 aromatic heterocycles. The molecule has 0 fully saturated rings. The van der Waals surface area contributed by atoms with Gasteiger partial charge in [0.25, 0.3) is 11.5 Å². The molecule has 0 spiro atoms. The van der Waals surface area contributed by atoms with E-state index >= 15 is 0 Å². The largest absolute Gasteiger partial charge is 0.272 e. The molecule has 0 bridgehead atoms. The maximum absolute atomic E-state index is 13.9. The van der Waals surface area contributed by atoms with Crippen LogP contribution < -0.4 is 11.0 Å². The molecule has 42 heavy (non-hydrogen) atoms. The highest BCUT2D eigenvalue weighted by molar-refractivity contribution is 9.10. The van der Waals surface area contributed by atoms with Crippen molar-refractivity contribution in [2.24, 2.45) is 5.10 Å². The van der Waals surface area contributed by atoms with Crippen LogP contribution in [0.1, 0.15) is 28.8 Å². The third kappa shape index (κ3) is 5.06. The van der Waals surface area contributed by atoms with Crippen molar-refractivity contribution in [3.8, 4) is 5.69 Å². The van der Waals surface area contributed by atoms with E-state index in [1.807, 2.05) is 48.5 Å². The number of amides is 1. The molecule has 6 nitrogen and oxygen atoms in total. The molecule has 7 rings (SSSR count). The van der Waals surface area contributed by atoms with Crippen LogP contribution in [0.3, 0.4) is 0 Å². The van der Waals surface area contributed by atoms with Gasteiger partial charge in [0.1, 0.15) is 4.83 Å². The molecule has 0 unspecified atom stereocenters. The van der Waals surface area contributed by atoms with Gasteiger partial charge in [0.2, 0.25) is 0 Å². The number of thioether (sulfide) groups is 1. The van der Waals surface area contributed by atoms with Crippen molar-refractivity contribution < 1.29 is 4.79 Å². The van der Waals surface area contributed by atoms with Crippen molar-refractivity contribution in [2.45, 2.75) is 30.8 Å². The molecule has 1 aliphatic carbocycles. The monoisotopic (exact) mass is 652 g/mol. The van der Waals surface area contributed by atoms with E-state index in [0.717, 1.165) is 78.7 Å². The maximum Gasteiger partial charge on any atom is 0.267 e. The van der Waals surface area contributed by atoms with Crippen molar-refractivity contribution in [3.05, 3.63) is 110 Å². The van der Waals surface area contributed by atoms with Gasteiger partial charge in [-0.15, -0.1) is 11.3 Å². The zero-order chi connectivity index (χ0) is 28.6. The first-order chi connectivity index (χ1) is 20.6. The van der Waals surface area contributed by atoms with Crippen LogP contribution in [0.15, 0.2) is 98.4 Å². The molecule has 2 heterocycles. The number of halogens is 1. The summed E-state index contributed by atoms with van der Waals surface area (Å²) in [5.74, 6) is -0.212. The number of rotatable bonds is 6.